The molecule has 1 unspecified atom stereocenters. The molecule has 0 radical (unpaired) electrons. The van der Waals surface area contributed by atoms with Crippen molar-refractivity contribution in [2.24, 2.45) is 5.92 Å². The zero-order valence-electron chi connectivity index (χ0n) is 8.09. The average molecular weight is 324 g/mol. The molecule has 14 heavy (non-hydrogen) atoms. The van der Waals surface area contributed by atoms with E-state index >= 15 is 0 Å². The van der Waals surface area contributed by atoms with Gasteiger partial charge in [-0.3, -0.25) is 0 Å². The van der Waals surface area contributed by atoms with E-state index in [9.17, 15) is 0 Å². The smallest absolute Gasteiger partial charge is 0.156 e. The Morgan fingerprint density at radius 3 is 2.64 bits per heavy atom. The molecule has 0 aromatic heterocycles. The summed E-state index contributed by atoms with van der Waals surface area (Å²) in [7, 11) is 3.31. The largest absolute Gasteiger partial charge is 0.497 e. The Balaban J connectivity index is 2.76. The molecule has 0 aromatic rings. The van der Waals surface area contributed by atoms with Gasteiger partial charge in [0.2, 0.25) is 0 Å². The van der Waals surface area contributed by atoms with Gasteiger partial charge in [-0.05, 0) is 37.9 Å². The van der Waals surface area contributed by atoms with Crippen LogP contribution in [-0.2, 0) is 9.47 Å². The molecule has 0 bridgehead atoms. The van der Waals surface area contributed by atoms with Crippen molar-refractivity contribution >= 4 is 31.9 Å². The van der Waals surface area contributed by atoms with E-state index in [4.69, 9.17) is 9.47 Å². The van der Waals surface area contributed by atoms with Gasteiger partial charge < -0.3 is 9.47 Å². The lowest BCUT2D eigenvalue weighted by molar-refractivity contribution is 0.214. The van der Waals surface area contributed by atoms with Crippen molar-refractivity contribution in [3.8, 4) is 0 Å². The summed E-state index contributed by atoms with van der Waals surface area (Å²) in [5.74, 6) is 2.04. The molecule has 0 saturated carbocycles. The fraction of sp³-hybridized carbons (Fsp3) is 0.400. The van der Waals surface area contributed by atoms with Gasteiger partial charge in [-0.2, -0.15) is 0 Å². The number of rotatable bonds is 3. The van der Waals surface area contributed by atoms with Crippen LogP contribution < -0.4 is 0 Å². The van der Waals surface area contributed by atoms with Crippen LogP contribution in [0.4, 0.5) is 0 Å². The second kappa shape index (κ2) is 5.61. The van der Waals surface area contributed by atoms with Crippen LogP contribution in [0.1, 0.15) is 6.42 Å². The van der Waals surface area contributed by atoms with Crippen LogP contribution in [0.3, 0.4) is 0 Å². The van der Waals surface area contributed by atoms with Gasteiger partial charge in [0.25, 0.3) is 0 Å². The molecule has 78 valence electrons. The lowest BCUT2D eigenvalue weighted by Gasteiger charge is -2.18. The number of methoxy groups -OCH3 is 2. The molecule has 1 aliphatic carbocycles. The van der Waals surface area contributed by atoms with Gasteiger partial charge in [-0.25, -0.2) is 0 Å². The van der Waals surface area contributed by atoms with E-state index in [1.807, 2.05) is 6.08 Å². The number of hydrogen-bond donors (Lipinski definition) is 0. The molecule has 0 amide bonds. The fourth-order valence-corrected chi connectivity index (χ4v) is 2.01. The van der Waals surface area contributed by atoms with Gasteiger partial charge in [0.1, 0.15) is 5.76 Å². The van der Waals surface area contributed by atoms with Crippen molar-refractivity contribution in [3.05, 3.63) is 33.1 Å². The molecule has 0 heterocycles. The highest BCUT2D eigenvalue weighted by Crippen LogP contribution is 2.28. The highest BCUT2D eigenvalue weighted by atomic mass is 79.9. The van der Waals surface area contributed by atoms with Crippen LogP contribution in [0, 0.1) is 5.92 Å². The average Bonchev–Trinajstić information content (AvgIpc) is 2.16. The summed E-state index contributed by atoms with van der Waals surface area (Å²) in [5, 5.41) is 0. The van der Waals surface area contributed by atoms with Crippen LogP contribution in [0.15, 0.2) is 33.1 Å². The van der Waals surface area contributed by atoms with Crippen LogP contribution in [0.2, 0.25) is 0 Å². The number of ether oxygens (including phenoxy) is 2. The maximum absolute atomic E-state index is 5.25. The van der Waals surface area contributed by atoms with Crippen molar-refractivity contribution in [1.82, 2.24) is 0 Å². The monoisotopic (exact) mass is 322 g/mol. The highest BCUT2D eigenvalue weighted by molar-refractivity contribution is 9.28. The summed E-state index contributed by atoms with van der Waals surface area (Å²) >= 11 is 6.68. The maximum atomic E-state index is 5.25. The molecule has 0 aromatic carbocycles. The minimum Gasteiger partial charge on any atom is -0.497 e. The van der Waals surface area contributed by atoms with Gasteiger partial charge >= 0.3 is 0 Å². The predicted molar refractivity (Wildman–Crippen MR) is 64.2 cm³/mol. The van der Waals surface area contributed by atoms with Crippen molar-refractivity contribution in [2.45, 2.75) is 6.42 Å². The lowest BCUT2D eigenvalue weighted by atomic mass is 9.99. The molecule has 0 fully saturated rings. The van der Waals surface area contributed by atoms with Crippen LogP contribution in [-0.4, -0.2) is 14.2 Å². The molecular weight excluding hydrogens is 312 g/mol. The number of hydrogen-bond acceptors (Lipinski definition) is 2. The topological polar surface area (TPSA) is 18.5 Å². The van der Waals surface area contributed by atoms with Crippen molar-refractivity contribution < 1.29 is 9.47 Å². The molecule has 1 rings (SSSR count). The Bertz CT molecular complexity index is 288. The molecular formula is C10H12Br2O2. The first-order valence-corrected chi connectivity index (χ1v) is 5.78. The van der Waals surface area contributed by atoms with E-state index < -0.39 is 0 Å². The summed E-state index contributed by atoms with van der Waals surface area (Å²) in [6.45, 7) is 0. The van der Waals surface area contributed by atoms with Gasteiger partial charge in [-0.1, -0.05) is 12.2 Å². The SMILES string of the molecule is COC1=C(OC)CC(C=C(Br)Br)C=C1. The van der Waals surface area contributed by atoms with Gasteiger partial charge in [0.05, 0.1) is 17.6 Å². The fourth-order valence-electron chi connectivity index (χ4n) is 1.33. The predicted octanol–water partition coefficient (Wildman–Crippen LogP) is 3.70. The van der Waals surface area contributed by atoms with Crippen LogP contribution in [0.25, 0.3) is 0 Å². The quantitative estimate of drug-likeness (QED) is 0.788. The third-order valence-electron chi connectivity index (χ3n) is 2.00. The minimum atomic E-state index is 0.345. The molecule has 4 heteroatoms. The molecule has 0 aliphatic heterocycles. The van der Waals surface area contributed by atoms with Gasteiger partial charge in [0.15, 0.2) is 5.76 Å². The second-order valence-electron chi connectivity index (χ2n) is 2.88. The summed E-state index contributed by atoms with van der Waals surface area (Å²) in [5.41, 5.74) is 0. The number of halogens is 2. The molecule has 1 atom stereocenters. The number of allylic oxidation sites excluding steroid dienone is 4. The molecule has 2 nitrogen and oxygen atoms in total. The first-order valence-electron chi connectivity index (χ1n) is 4.19. The van der Waals surface area contributed by atoms with E-state index in [0.29, 0.717) is 5.92 Å². The molecule has 1 aliphatic rings. The Labute approximate surface area is 101 Å². The molecule has 0 saturated heterocycles. The molecule has 0 spiro atoms. The van der Waals surface area contributed by atoms with E-state index in [0.717, 1.165) is 21.3 Å². The van der Waals surface area contributed by atoms with E-state index in [1.54, 1.807) is 14.2 Å². The zero-order valence-corrected chi connectivity index (χ0v) is 11.3. The van der Waals surface area contributed by atoms with E-state index in [1.165, 1.54) is 0 Å². The van der Waals surface area contributed by atoms with E-state index in [-0.39, 0.29) is 0 Å². The van der Waals surface area contributed by atoms with Crippen molar-refractivity contribution in [1.29, 1.82) is 0 Å². The summed E-state index contributed by atoms with van der Waals surface area (Å²) in [6.07, 6.45) is 6.93. The third kappa shape index (κ3) is 3.17. The Morgan fingerprint density at radius 2 is 2.14 bits per heavy atom. The van der Waals surface area contributed by atoms with Crippen LogP contribution in [0.5, 0.6) is 0 Å². The maximum Gasteiger partial charge on any atom is 0.156 e. The van der Waals surface area contributed by atoms with Gasteiger partial charge in [0, 0.05) is 12.3 Å². The minimum absolute atomic E-state index is 0.345. The normalized spacial score (nSPS) is 20.7. The van der Waals surface area contributed by atoms with Crippen molar-refractivity contribution in [3.63, 3.8) is 0 Å². The summed E-state index contributed by atoms with van der Waals surface area (Å²) in [6, 6.07) is 0. The first-order chi connectivity index (χ1) is 6.67. The Hall–Kier alpha value is -0.220. The summed E-state index contributed by atoms with van der Waals surface area (Å²) < 4.78 is 11.4. The lowest BCUT2D eigenvalue weighted by Crippen LogP contribution is -2.06. The van der Waals surface area contributed by atoms with Crippen LogP contribution >= 0.6 is 31.9 Å². The van der Waals surface area contributed by atoms with Gasteiger partial charge in [-0.15, -0.1) is 0 Å². The Kier molecular flexibility index (Phi) is 4.75. The first kappa shape index (κ1) is 11.9. The van der Waals surface area contributed by atoms with Crippen molar-refractivity contribution in [2.75, 3.05) is 14.2 Å². The Morgan fingerprint density at radius 1 is 1.43 bits per heavy atom. The second-order valence-corrected chi connectivity index (χ2v) is 5.65. The highest BCUT2D eigenvalue weighted by Gasteiger charge is 2.16. The molecule has 0 N–H and O–H groups in total. The summed E-state index contributed by atoms with van der Waals surface area (Å²) in [4.78, 5) is 0. The standard InChI is InChI=1S/C10H12Br2O2/c1-13-8-4-3-7(6-10(11)12)5-9(8)14-2/h3-4,6-7H,5H2,1-2H3. The van der Waals surface area contributed by atoms with E-state index in [2.05, 4.69) is 44.0 Å². The zero-order chi connectivity index (χ0) is 10.6. The third-order valence-corrected chi connectivity index (χ3v) is 2.53.